The summed E-state index contributed by atoms with van der Waals surface area (Å²) < 4.78 is 68.2. The van der Waals surface area contributed by atoms with Crippen LogP contribution in [0.2, 0.25) is 0 Å². The molecule has 0 saturated carbocycles. The normalized spacial score (nSPS) is 11.4. The van der Waals surface area contributed by atoms with Crippen molar-refractivity contribution in [1.82, 2.24) is 15.0 Å². The van der Waals surface area contributed by atoms with Crippen LogP contribution in [0.1, 0.15) is 21.9 Å². The number of halogens is 6. The highest BCUT2D eigenvalue weighted by atomic mass is 19.4. The first-order chi connectivity index (χ1) is 11.4. The van der Waals surface area contributed by atoms with Crippen LogP contribution in [0.3, 0.4) is 0 Å². The summed E-state index contributed by atoms with van der Waals surface area (Å²) in [5, 5.41) is 7.12. The van der Waals surface area contributed by atoms with Gasteiger partial charge in [0.05, 0.1) is 0 Å². The van der Waals surface area contributed by atoms with Gasteiger partial charge >= 0.3 is 24.1 Å². The monoisotopic (exact) mass is 369 g/mol. The lowest BCUT2D eigenvalue weighted by atomic mass is 10.2. The van der Waals surface area contributed by atoms with Crippen molar-refractivity contribution in [2.24, 2.45) is 0 Å². The minimum Gasteiger partial charge on any atom is -0.475 e. The third kappa shape index (κ3) is 6.61. The number of carbonyl (C=O) groups is 2. The lowest BCUT2D eigenvalue weighted by molar-refractivity contribution is -0.192. The van der Waals surface area contributed by atoms with Gasteiger partial charge in [0.15, 0.2) is 5.82 Å². The Morgan fingerprint density at radius 1 is 1.04 bits per heavy atom. The van der Waals surface area contributed by atoms with Crippen LogP contribution < -0.4 is 0 Å². The fraction of sp³-hybridized carbons (Fsp3) is 0.231. The Labute approximate surface area is 135 Å². The molecule has 0 fully saturated rings. The zero-order chi connectivity index (χ0) is 19.3. The summed E-state index contributed by atoms with van der Waals surface area (Å²) in [5.41, 5.74) is 1.30. The van der Waals surface area contributed by atoms with E-state index in [1.54, 1.807) is 24.5 Å². The first-order valence-corrected chi connectivity index (χ1v) is 6.25. The molecule has 0 unspecified atom stereocenters. The molecular formula is C13H9F6N3O3. The molecule has 0 aromatic carbocycles. The van der Waals surface area contributed by atoms with Gasteiger partial charge in [0.2, 0.25) is 0 Å². The lowest BCUT2D eigenvalue weighted by Crippen LogP contribution is -2.23. The van der Waals surface area contributed by atoms with Gasteiger partial charge in [-0.05, 0) is 17.7 Å². The summed E-state index contributed by atoms with van der Waals surface area (Å²) in [7, 11) is 0. The average Bonchev–Trinajstić information content (AvgIpc) is 2.94. The van der Waals surface area contributed by atoms with E-state index in [0.717, 1.165) is 5.56 Å². The number of carbonyl (C=O) groups excluding carboxylic acids is 1. The number of hydrogen-bond donors (Lipinski definition) is 2. The number of aromatic nitrogens is 3. The average molecular weight is 369 g/mol. The standard InChI is InChI=1S/C11H8F3N3O.C2HF3O2/c12-11(13,14)9(18)10-16-6-8(17-10)5-7-1-3-15-4-2-7;3-2(4,5)1(6)7/h1-4,6H,5H2,(H,16,17);(H,6,7). The maximum Gasteiger partial charge on any atom is 0.490 e. The van der Waals surface area contributed by atoms with Crippen molar-refractivity contribution in [1.29, 1.82) is 0 Å². The van der Waals surface area contributed by atoms with Crippen molar-refractivity contribution in [3.63, 3.8) is 0 Å². The van der Waals surface area contributed by atoms with Gasteiger partial charge in [0.1, 0.15) is 0 Å². The minimum absolute atomic E-state index is 0.362. The highest BCUT2D eigenvalue weighted by Gasteiger charge is 2.41. The summed E-state index contributed by atoms with van der Waals surface area (Å²) in [6, 6.07) is 3.46. The molecule has 0 aliphatic rings. The number of carboxylic acids is 1. The van der Waals surface area contributed by atoms with Gasteiger partial charge in [-0.25, -0.2) is 9.78 Å². The molecule has 0 saturated heterocycles. The smallest absolute Gasteiger partial charge is 0.475 e. The highest BCUT2D eigenvalue weighted by molar-refractivity contribution is 5.97. The van der Waals surface area contributed by atoms with Crippen molar-refractivity contribution < 1.29 is 41.0 Å². The van der Waals surface area contributed by atoms with Crippen LogP contribution in [0.15, 0.2) is 30.7 Å². The SMILES string of the molecule is O=C(O)C(F)(F)F.O=C(c1ncc(Cc2ccncc2)[nH]1)C(F)(F)F. The number of H-pyrrole nitrogens is 1. The zero-order valence-electron chi connectivity index (χ0n) is 12.0. The number of aromatic amines is 1. The fourth-order valence-corrected chi connectivity index (χ4v) is 1.42. The Morgan fingerprint density at radius 3 is 2.00 bits per heavy atom. The predicted molar refractivity (Wildman–Crippen MR) is 69.7 cm³/mol. The second kappa shape index (κ2) is 7.77. The number of nitrogens with one attached hydrogen (secondary N) is 1. The Balaban J connectivity index is 0.000000381. The molecule has 0 spiro atoms. The summed E-state index contributed by atoms with van der Waals surface area (Å²) in [4.78, 5) is 29.4. The molecule has 2 heterocycles. The maximum absolute atomic E-state index is 12.2. The Morgan fingerprint density at radius 2 is 1.56 bits per heavy atom. The third-order valence-electron chi connectivity index (χ3n) is 2.49. The predicted octanol–water partition coefficient (Wildman–Crippen LogP) is 2.77. The first kappa shape index (κ1) is 20.1. The van der Waals surface area contributed by atoms with E-state index in [4.69, 9.17) is 9.90 Å². The van der Waals surface area contributed by atoms with Gasteiger partial charge < -0.3 is 10.1 Å². The quantitative estimate of drug-likeness (QED) is 0.641. The topological polar surface area (TPSA) is 95.9 Å². The molecule has 0 atom stereocenters. The van der Waals surface area contributed by atoms with Crippen molar-refractivity contribution in [3.8, 4) is 0 Å². The second-order valence-electron chi connectivity index (χ2n) is 4.42. The summed E-state index contributed by atoms with van der Waals surface area (Å²) in [6.07, 6.45) is -5.26. The van der Waals surface area contributed by atoms with Gasteiger partial charge in [-0.2, -0.15) is 26.3 Å². The zero-order valence-corrected chi connectivity index (χ0v) is 12.0. The van der Waals surface area contributed by atoms with E-state index in [-0.39, 0.29) is 0 Å². The van der Waals surface area contributed by atoms with Gasteiger partial charge in [0, 0.05) is 30.7 Å². The minimum atomic E-state index is -5.08. The molecule has 2 aromatic rings. The largest absolute Gasteiger partial charge is 0.490 e. The van der Waals surface area contributed by atoms with Crippen LogP contribution in [-0.4, -0.2) is 44.2 Å². The molecule has 25 heavy (non-hydrogen) atoms. The molecule has 0 radical (unpaired) electrons. The maximum atomic E-state index is 12.2. The summed E-state index contributed by atoms with van der Waals surface area (Å²) in [6.45, 7) is 0. The van der Waals surface area contributed by atoms with Crippen molar-refractivity contribution in [2.75, 3.05) is 0 Å². The number of imidazole rings is 1. The van der Waals surface area contributed by atoms with Crippen molar-refractivity contribution in [2.45, 2.75) is 18.8 Å². The van der Waals surface area contributed by atoms with Crippen LogP contribution in [0.4, 0.5) is 26.3 Å². The highest BCUT2D eigenvalue weighted by Crippen LogP contribution is 2.20. The van der Waals surface area contributed by atoms with Crippen LogP contribution in [-0.2, 0) is 11.2 Å². The summed E-state index contributed by atoms with van der Waals surface area (Å²) >= 11 is 0. The molecule has 0 amide bonds. The number of rotatable bonds is 3. The van der Waals surface area contributed by atoms with Gasteiger partial charge in [0.25, 0.3) is 0 Å². The van der Waals surface area contributed by atoms with E-state index in [1.807, 2.05) is 0 Å². The first-order valence-electron chi connectivity index (χ1n) is 6.25. The molecule has 12 heteroatoms. The molecule has 2 N–H and O–H groups in total. The number of pyridine rings is 1. The fourth-order valence-electron chi connectivity index (χ4n) is 1.42. The number of alkyl halides is 6. The molecule has 0 bridgehead atoms. The molecular weight excluding hydrogens is 360 g/mol. The van der Waals surface area contributed by atoms with Crippen molar-refractivity contribution in [3.05, 3.63) is 47.8 Å². The van der Waals surface area contributed by atoms with Crippen LogP contribution >= 0.6 is 0 Å². The van der Waals surface area contributed by atoms with E-state index in [0.29, 0.717) is 12.1 Å². The van der Waals surface area contributed by atoms with Gasteiger partial charge in [-0.15, -0.1) is 0 Å². The number of hydrogen-bond acceptors (Lipinski definition) is 4. The van der Waals surface area contributed by atoms with Gasteiger partial charge in [-0.3, -0.25) is 9.78 Å². The van der Waals surface area contributed by atoms with E-state index in [1.165, 1.54) is 6.20 Å². The van der Waals surface area contributed by atoms with Crippen LogP contribution in [0.5, 0.6) is 0 Å². The Bertz CT molecular complexity index is 725. The summed E-state index contributed by atoms with van der Waals surface area (Å²) in [5.74, 6) is -5.41. The molecule has 136 valence electrons. The van der Waals surface area contributed by atoms with E-state index >= 15 is 0 Å². The Hall–Kier alpha value is -2.92. The number of ketones is 1. The molecule has 2 rings (SSSR count). The van der Waals surface area contributed by atoms with E-state index in [2.05, 4.69) is 15.0 Å². The van der Waals surface area contributed by atoms with E-state index in [9.17, 15) is 31.1 Å². The van der Waals surface area contributed by atoms with Gasteiger partial charge in [-0.1, -0.05) is 0 Å². The molecule has 2 aromatic heterocycles. The third-order valence-corrected chi connectivity index (χ3v) is 2.49. The molecule has 0 aliphatic heterocycles. The second-order valence-corrected chi connectivity index (χ2v) is 4.42. The number of Topliss-reactive ketones (excluding diaryl/α,β-unsaturated/α-hetero) is 1. The molecule has 0 aliphatic carbocycles. The van der Waals surface area contributed by atoms with E-state index < -0.39 is 29.9 Å². The van der Waals surface area contributed by atoms with Crippen LogP contribution in [0, 0.1) is 0 Å². The number of nitrogens with zero attached hydrogens (tertiary/aromatic N) is 2. The Kier molecular flexibility index (Phi) is 6.25. The van der Waals surface area contributed by atoms with Crippen LogP contribution in [0.25, 0.3) is 0 Å². The van der Waals surface area contributed by atoms with Crippen molar-refractivity contribution >= 4 is 11.8 Å². The molecule has 6 nitrogen and oxygen atoms in total. The number of carboxylic acid groups (broad SMARTS) is 1. The number of aliphatic carboxylic acids is 1. The lowest BCUT2D eigenvalue weighted by Gasteiger charge is -2.01.